The Morgan fingerprint density at radius 2 is 2.06 bits per heavy atom. The van der Waals surface area contributed by atoms with E-state index >= 15 is 0 Å². The van der Waals surface area contributed by atoms with Crippen molar-refractivity contribution in [2.75, 3.05) is 45.9 Å². The quantitative estimate of drug-likeness (QED) is 0.383. The minimum absolute atomic E-state index is 0.583. The van der Waals surface area contributed by atoms with Gasteiger partial charge in [0.05, 0.1) is 13.2 Å². The normalized spacial score (nSPS) is 17.9. The maximum Gasteiger partial charge on any atom is 0.188 e. The summed E-state index contributed by atoms with van der Waals surface area (Å²) in [5.74, 6) is 0.583. The molecule has 1 saturated heterocycles. The van der Waals surface area contributed by atoms with Crippen LogP contribution in [0.2, 0.25) is 0 Å². The third-order valence-corrected chi connectivity index (χ3v) is 3.13. The number of hydrogen-bond donors (Lipinski definition) is 2. The van der Waals surface area contributed by atoms with Crippen LogP contribution in [0.15, 0.2) is 4.99 Å². The molecule has 0 unspecified atom stereocenters. The third kappa shape index (κ3) is 7.50. The van der Waals surface area contributed by atoms with Gasteiger partial charge in [0.2, 0.25) is 0 Å². The van der Waals surface area contributed by atoms with Gasteiger partial charge in [-0.25, -0.2) is 0 Å². The molecule has 1 rings (SSSR count). The van der Waals surface area contributed by atoms with Crippen LogP contribution in [-0.4, -0.2) is 56.8 Å². The van der Waals surface area contributed by atoms with Crippen molar-refractivity contribution in [2.45, 2.75) is 32.6 Å². The van der Waals surface area contributed by atoms with Gasteiger partial charge in [-0.3, -0.25) is 9.89 Å². The first-order chi connectivity index (χ1) is 8.83. The molecule has 0 aromatic rings. The second-order valence-electron chi connectivity index (χ2n) is 4.71. The Hall–Kier alpha value is -0.810. The molecule has 5 heteroatoms. The molecule has 1 heterocycles. The Kier molecular flexibility index (Phi) is 8.59. The molecule has 0 aliphatic carbocycles. The number of ether oxygens (including phenoxy) is 1. The van der Waals surface area contributed by atoms with Crippen molar-refractivity contribution in [2.24, 2.45) is 10.7 Å². The van der Waals surface area contributed by atoms with Gasteiger partial charge in [0.25, 0.3) is 0 Å². The van der Waals surface area contributed by atoms with Crippen LogP contribution in [0.3, 0.4) is 0 Å². The molecule has 1 fully saturated rings. The maximum absolute atomic E-state index is 5.80. The SMILES string of the molecule is CCCCCCN=C(N)NCCN1CCOCC1. The molecule has 0 saturated carbocycles. The fourth-order valence-electron chi connectivity index (χ4n) is 1.96. The van der Waals surface area contributed by atoms with E-state index in [1.807, 2.05) is 0 Å². The second-order valence-corrected chi connectivity index (χ2v) is 4.71. The molecule has 0 aromatic heterocycles. The van der Waals surface area contributed by atoms with E-state index in [2.05, 4.69) is 22.1 Å². The number of unbranched alkanes of at least 4 members (excludes halogenated alkanes) is 3. The lowest BCUT2D eigenvalue weighted by molar-refractivity contribution is 0.0389. The van der Waals surface area contributed by atoms with Gasteiger partial charge >= 0.3 is 0 Å². The Morgan fingerprint density at radius 1 is 1.28 bits per heavy atom. The lowest BCUT2D eigenvalue weighted by atomic mass is 10.2. The standard InChI is InChI=1S/C13H28N4O/c1-2-3-4-5-6-15-13(14)16-7-8-17-9-11-18-12-10-17/h2-12H2,1H3,(H3,14,15,16). The summed E-state index contributed by atoms with van der Waals surface area (Å²) in [4.78, 5) is 6.70. The van der Waals surface area contributed by atoms with E-state index < -0.39 is 0 Å². The van der Waals surface area contributed by atoms with E-state index in [0.717, 1.165) is 52.4 Å². The van der Waals surface area contributed by atoms with Gasteiger partial charge < -0.3 is 15.8 Å². The van der Waals surface area contributed by atoms with Crippen molar-refractivity contribution in [3.8, 4) is 0 Å². The third-order valence-electron chi connectivity index (χ3n) is 3.13. The van der Waals surface area contributed by atoms with Crippen LogP contribution in [0.4, 0.5) is 0 Å². The topological polar surface area (TPSA) is 62.9 Å². The summed E-state index contributed by atoms with van der Waals surface area (Å²) in [5.41, 5.74) is 5.80. The highest BCUT2D eigenvalue weighted by molar-refractivity contribution is 5.77. The lowest BCUT2D eigenvalue weighted by Crippen LogP contribution is -2.42. The minimum atomic E-state index is 0.583. The summed E-state index contributed by atoms with van der Waals surface area (Å²) in [6.45, 7) is 8.68. The van der Waals surface area contributed by atoms with E-state index in [1.54, 1.807) is 0 Å². The van der Waals surface area contributed by atoms with E-state index in [0.29, 0.717) is 5.96 Å². The molecule has 106 valence electrons. The molecular formula is C13H28N4O. The zero-order valence-electron chi connectivity index (χ0n) is 11.7. The van der Waals surface area contributed by atoms with Gasteiger partial charge in [-0.2, -0.15) is 0 Å². The van der Waals surface area contributed by atoms with Gasteiger partial charge in [0.15, 0.2) is 5.96 Å². The number of nitrogens with two attached hydrogens (primary N) is 1. The van der Waals surface area contributed by atoms with Crippen LogP contribution < -0.4 is 11.1 Å². The van der Waals surface area contributed by atoms with Crippen LogP contribution in [-0.2, 0) is 4.74 Å². The molecule has 0 spiro atoms. The summed E-state index contributed by atoms with van der Waals surface area (Å²) < 4.78 is 5.30. The summed E-state index contributed by atoms with van der Waals surface area (Å²) in [5, 5.41) is 3.17. The van der Waals surface area contributed by atoms with Crippen molar-refractivity contribution in [1.29, 1.82) is 0 Å². The maximum atomic E-state index is 5.80. The number of nitrogens with zero attached hydrogens (tertiary/aromatic N) is 2. The fourth-order valence-corrected chi connectivity index (χ4v) is 1.96. The Labute approximate surface area is 111 Å². The van der Waals surface area contributed by atoms with Crippen molar-refractivity contribution in [1.82, 2.24) is 10.2 Å². The highest BCUT2D eigenvalue weighted by Gasteiger charge is 2.08. The molecule has 1 aliphatic heterocycles. The largest absolute Gasteiger partial charge is 0.379 e. The predicted molar refractivity (Wildman–Crippen MR) is 75.9 cm³/mol. The summed E-state index contributed by atoms with van der Waals surface area (Å²) >= 11 is 0. The average molecular weight is 256 g/mol. The first-order valence-corrected chi connectivity index (χ1v) is 7.17. The second kappa shape index (κ2) is 10.1. The summed E-state index contributed by atoms with van der Waals surface area (Å²) in [6, 6.07) is 0. The molecular weight excluding hydrogens is 228 g/mol. The van der Waals surface area contributed by atoms with E-state index in [9.17, 15) is 0 Å². The molecule has 0 aromatic carbocycles. The summed E-state index contributed by atoms with van der Waals surface area (Å²) in [6.07, 6.45) is 4.94. The van der Waals surface area contributed by atoms with Crippen molar-refractivity contribution in [3.63, 3.8) is 0 Å². The van der Waals surface area contributed by atoms with Gasteiger partial charge in [-0.15, -0.1) is 0 Å². The van der Waals surface area contributed by atoms with E-state index in [4.69, 9.17) is 10.5 Å². The Bertz CT molecular complexity index is 227. The highest BCUT2D eigenvalue weighted by atomic mass is 16.5. The summed E-state index contributed by atoms with van der Waals surface area (Å²) in [7, 11) is 0. The van der Waals surface area contributed by atoms with Gasteiger partial charge in [-0.1, -0.05) is 26.2 Å². The number of aliphatic imine (C=N–C) groups is 1. The molecule has 0 radical (unpaired) electrons. The number of nitrogens with one attached hydrogen (secondary N) is 1. The molecule has 0 bridgehead atoms. The Balaban J connectivity index is 1.97. The minimum Gasteiger partial charge on any atom is -0.379 e. The predicted octanol–water partition coefficient (Wildman–Crippen LogP) is 0.803. The molecule has 3 N–H and O–H groups in total. The van der Waals surface area contributed by atoms with Crippen molar-refractivity contribution in [3.05, 3.63) is 0 Å². The zero-order valence-corrected chi connectivity index (χ0v) is 11.7. The highest BCUT2D eigenvalue weighted by Crippen LogP contribution is 1.98. The van der Waals surface area contributed by atoms with Crippen LogP contribution in [0, 0.1) is 0 Å². The number of hydrogen-bond acceptors (Lipinski definition) is 3. The fraction of sp³-hybridized carbons (Fsp3) is 0.923. The first-order valence-electron chi connectivity index (χ1n) is 7.17. The number of rotatable bonds is 8. The van der Waals surface area contributed by atoms with E-state index in [-0.39, 0.29) is 0 Å². The van der Waals surface area contributed by atoms with Crippen LogP contribution in [0.25, 0.3) is 0 Å². The molecule has 0 atom stereocenters. The monoisotopic (exact) mass is 256 g/mol. The number of morpholine rings is 1. The van der Waals surface area contributed by atoms with Crippen LogP contribution in [0.1, 0.15) is 32.6 Å². The van der Waals surface area contributed by atoms with Gasteiger partial charge in [0, 0.05) is 32.7 Å². The van der Waals surface area contributed by atoms with Crippen molar-refractivity contribution < 1.29 is 4.74 Å². The van der Waals surface area contributed by atoms with Crippen molar-refractivity contribution >= 4 is 5.96 Å². The van der Waals surface area contributed by atoms with Crippen LogP contribution >= 0.6 is 0 Å². The number of guanidine groups is 1. The lowest BCUT2D eigenvalue weighted by Gasteiger charge is -2.26. The Morgan fingerprint density at radius 3 is 2.78 bits per heavy atom. The first kappa shape index (κ1) is 15.2. The van der Waals surface area contributed by atoms with E-state index in [1.165, 1.54) is 19.3 Å². The smallest absolute Gasteiger partial charge is 0.188 e. The van der Waals surface area contributed by atoms with Gasteiger partial charge in [-0.05, 0) is 6.42 Å². The molecule has 5 nitrogen and oxygen atoms in total. The van der Waals surface area contributed by atoms with Crippen LogP contribution in [0.5, 0.6) is 0 Å². The average Bonchev–Trinajstić information content (AvgIpc) is 2.40. The molecule has 1 aliphatic rings. The van der Waals surface area contributed by atoms with Gasteiger partial charge in [0.1, 0.15) is 0 Å². The molecule has 0 amide bonds. The molecule has 18 heavy (non-hydrogen) atoms. The zero-order chi connectivity index (χ0) is 13.1.